The van der Waals surface area contributed by atoms with Crippen LogP contribution in [0.4, 0.5) is 22.7 Å². The van der Waals surface area contributed by atoms with E-state index in [2.05, 4.69) is 144 Å². The lowest BCUT2D eigenvalue weighted by Crippen LogP contribution is -1.90. The summed E-state index contributed by atoms with van der Waals surface area (Å²) in [4.78, 5) is 0. The Morgan fingerprint density at radius 2 is 0.525 bits per heavy atom. The Labute approximate surface area is 235 Å². The summed E-state index contributed by atoms with van der Waals surface area (Å²) in [6.07, 6.45) is 0. The topological polar surface area (TPSA) is 24.1 Å². The van der Waals surface area contributed by atoms with Crippen LogP contribution in [0, 0.1) is 0 Å². The Morgan fingerprint density at radius 1 is 0.250 bits per heavy atom. The third-order valence-electron chi connectivity index (χ3n) is 6.84. The van der Waals surface area contributed by atoms with Crippen molar-refractivity contribution in [2.45, 2.75) is 0 Å². The maximum absolute atomic E-state index is 3.41. The summed E-state index contributed by atoms with van der Waals surface area (Å²) >= 11 is 0. The zero-order chi connectivity index (χ0) is 27.0. The van der Waals surface area contributed by atoms with Crippen LogP contribution in [0.5, 0.6) is 0 Å². The molecule has 0 heterocycles. The third kappa shape index (κ3) is 6.20. The summed E-state index contributed by atoms with van der Waals surface area (Å²) in [6, 6.07) is 58.8. The molecule has 0 unspecified atom stereocenters. The summed E-state index contributed by atoms with van der Waals surface area (Å²) in [5.74, 6) is 0. The van der Waals surface area contributed by atoms with E-state index >= 15 is 0 Å². The van der Waals surface area contributed by atoms with Crippen molar-refractivity contribution >= 4 is 44.3 Å². The molecule has 0 atom stereocenters. The highest BCUT2D eigenvalue weighted by Crippen LogP contribution is 2.26. The van der Waals surface area contributed by atoms with Crippen molar-refractivity contribution in [3.8, 4) is 11.1 Å². The van der Waals surface area contributed by atoms with E-state index in [-0.39, 0.29) is 0 Å². The average molecular weight is 515 g/mol. The van der Waals surface area contributed by atoms with Gasteiger partial charge in [-0.25, -0.2) is 0 Å². The second-order valence-electron chi connectivity index (χ2n) is 9.68. The molecule has 2 heteroatoms. The predicted molar refractivity (Wildman–Crippen MR) is 173 cm³/mol. The van der Waals surface area contributed by atoms with Gasteiger partial charge in [0.2, 0.25) is 0 Å². The molecule has 0 aromatic heterocycles. The van der Waals surface area contributed by atoms with Gasteiger partial charge in [0.15, 0.2) is 0 Å². The van der Waals surface area contributed by atoms with Crippen LogP contribution in [0.3, 0.4) is 0 Å². The number of anilines is 4. The van der Waals surface area contributed by atoms with Gasteiger partial charge in [-0.3, -0.25) is 0 Å². The highest BCUT2D eigenvalue weighted by molar-refractivity contribution is 5.98. The molecule has 40 heavy (non-hydrogen) atoms. The van der Waals surface area contributed by atoms with Gasteiger partial charge >= 0.3 is 0 Å². The molecule has 2 N–H and O–H groups in total. The zero-order valence-electron chi connectivity index (χ0n) is 22.2. The summed E-state index contributed by atoms with van der Waals surface area (Å²) in [7, 11) is 0. The first kappa shape index (κ1) is 25.0. The molecule has 0 amide bonds. The standard InChI is InChI=1S/C24H20N2.C14H10/c1-3-7-21(8-4-1)25-23-15-11-19(12-16-23)20-13-17-24(18-14-20)26-22-9-5-2-6-10-22;1-2-6-12-10-14-8-4-3-7-13(14)9-11(12)5-1/h1-18,25-26H;1-10H. The molecular weight excluding hydrogens is 484 g/mol. The lowest BCUT2D eigenvalue weighted by molar-refractivity contribution is 1.53. The highest BCUT2D eigenvalue weighted by Gasteiger charge is 2.00. The minimum absolute atomic E-state index is 1.09. The van der Waals surface area contributed by atoms with E-state index in [9.17, 15) is 0 Å². The second-order valence-corrected chi connectivity index (χ2v) is 9.68. The summed E-state index contributed by atoms with van der Waals surface area (Å²) in [6.45, 7) is 0. The monoisotopic (exact) mass is 514 g/mol. The Hall–Kier alpha value is -5.34. The first-order chi connectivity index (χ1) is 19.8. The maximum atomic E-state index is 3.41. The van der Waals surface area contributed by atoms with Gasteiger partial charge in [0.05, 0.1) is 0 Å². The van der Waals surface area contributed by atoms with Gasteiger partial charge in [-0.15, -0.1) is 0 Å². The quantitative estimate of drug-likeness (QED) is 0.223. The SMILES string of the molecule is c1ccc(Nc2ccc(-c3ccc(Nc4ccccc4)cc3)cc2)cc1.c1ccc2cc3ccccc3cc2c1. The molecule has 0 aliphatic heterocycles. The van der Waals surface area contributed by atoms with Crippen LogP contribution in [0.25, 0.3) is 32.7 Å². The maximum Gasteiger partial charge on any atom is 0.0384 e. The first-order valence-electron chi connectivity index (χ1n) is 13.5. The summed E-state index contributed by atoms with van der Waals surface area (Å²) in [5, 5.41) is 12.1. The number of para-hydroxylation sites is 2. The summed E-state index contributed by atoms with van der Waals surface area (Å²) in [5.41, 5.74) is 6.77. The predicted octanol–water partition coefficient (Wildman–Crippen LogP) is 10.8. The van der Waals surface area contributed by atoms with Crippen molar-refractivity contribution in [1.82, 2.24) is 0 Å². The van der Waals surface area contributed by atoms with Crippen LogP contribution < -0.4 is 10.6 Å². The molecule has 0 bridgehead atoms. The smallest absolute Gasteiger partial charge is 0.0384 e. The van der Waals surface area contributed by atoms with Crippen molar-refractivity contribution in [3.05, 3.63) is 170 Å². The molecule has 0 aliphatic carbocycles. The number of hydrogen-bond donors (Lipinski definition) is 2. The largest absolute Gasteiger partial charge is 0.356 e. The van der Waals surface area contributed by atoms with Gasteiger partial charge < -0.3 is 10.6 Å². The van der Waals surface area contributed by atoms with E-state index < -0.39 is 0 Å². The normalized spacial score (nSPS) is 10.5. The fraction of sp³-hybridized carbons (Fsp3) is 0. The Morgan fingerprint density at radius 3 is 0.850 bits per heavy atom. The Balaban J connectivity index is 0.000000173. The van der Waals surface area contributed by atoms with Gasteiger partial charge in [0.25, 0.3) is 0 Å². The molecule has 2 nitrogen and oxygen atoms in total. The summed E-state index contributed by atoms with van der Waals surface area (Å²) < 4.78 is 0. The zero-order valence-corrected chi connectivity index (χ0v) is 22.2. The Bertz CT molecular complexity index is 1620. The van der Waals surface area contributed by atoms with Gasteiger partial charge in [-0.1, -0.05) is 109 Å². The molecule has 7 aromatic carbocycles. The minimum Gasteiger partial charge on any atom is -0.356 e. The second kappa shape index (κ2) is 12.0. The van der Waals surface area contributed by atoms with E-state index in [0.717, 1.165) is 22.7 Å². The van der Waals surface area contributed by atoms with Crippen LogP contribution in [0.15, 0.2) is 170 Å². The molecule has 0 fully saturated rings. The molecule has 0 saturated carbocycles. The molecule has 7 aromatic rings. The van der Waals surface area contributed by atoms with E-state index in [1.54, 1.807) is 0 Å². The molecule has 0 spiro atoms. The van der Waals surface area contributed by atoms with Crippen LogP contribution in [-0.2, 0) is 0 Å². The fourth-order valence-electron chi connectivity index (χ4n) is 4.75. The minimum atomic E-state index is 1.09. The molecular formula is C38H30N2. The fourth-order valence-corrected chi connectivity index (χ4v) is 4.75. The molecule has 7 rings (SSSR count). The molecule has 0 aliphatic rings. The van der Waals surface area contributed by atoms with Gasteiger partial charge in [-0.2, -0.15) is 0 Å². The van der Waals surface area contributed by atoms with Crippen LogP contribution in [0.1, 0.15) is 0 Å². The van der Waals surface area contributed by atoms with Gasteiger partial charge in [0, 0.05) is 22.7 Å². The number of fused-ring (bicyclic) bond motifs is 2. The van der Waals surface area contributed by atoms with Crippen LogP contribution >= 0.6 is 0 Å². The molecule has 0 radical (unpaired) electrons. The number of rotatable bonds is 5. The Kier molecular flexibility index (Phi) is 7.50. The lowest BCUT2D eigenvalue weighted by atomic mass is 10.0. The number of nitrogens with one attached hydrogen (secondary N) is 2. The first-order valence-corrected chi connectivity index (χ1v) is 13.5. The molecule has 0 saturated heterocycles. The van der Waals surface area contributed by atoms with Crippen molar-refractivity contribution in [1.29, 1.82) is 0 Å². The van der Waals surface area contributed by atoms with Crippen molar-refractivity contribution in [3.63, 3.8) is 0 Å². The van der Waals surface area contributed by atoms with Gasteiger partial charge in [0.1, 0.15) is 0 Å². The average Bonchev–Trinajstić information content (AvgIpc) is 3.02. The van der Waals surface area contributed by atoms with E-state index in [1.807, 2.05) is 36.4 Å². The lowest BCUT2D eigenvalue weighted by Gasteiger charge is -2.09. The van der Waals surface area contributed by atoms with E-state index in [4.69, 9.17) is 0 Å². The van der Waals surface area contributed by atoms with E-state index in [0.29, 0.717) is 0 Å². The van der Waals surface area contributed by atoms with Crippen molar-refractivity contribution in [2.75, 3.05) is 10.6 Å². The third-order valence-corrected chi connectivity index (χ3v) is 6.84. The van der Waals surface area contributed by atoms with E-state index in [1.165, 1.54) is 32.7 Å². The number of benzene rings is 7. The van der Waals surface area contributed by atoms with Crippen LogP contribution in [-0.4, -0.2) is 0 Å². The van der Waals surface area contributed by atoms with Crippen molar-refractivity contribution < 1.29 is 0 Å². The van der Waals surface area contributed by atoms with Crippen LogP contribution in [0.2, 0.25) is 0 Å². The number of hydrogen-bond acceptors (Lipinski definition) is 2. The molecule has 192 valence electrons. The van der Waals surface area contributed by atoms with Crippen molar-refractivity contribution in [2.24, 2.45) is 0 Å². The highest BCUT2D eigenvalue weighted by atomic mass is 14.9. The van der Waals surface area contributed by atoms with Gasteiger partial charge in [-0.05, 0) is 93.3 Å².